The summed E-state index contributed by atoms with van der Waals surface area (Å²) in [4.78, 5) is 11.5. The van der Waals surface area contributed by atoms with Crippen LogP contribution in [0.1, 0.15) is 12.8 Å². The minimum atomic E-state index is 0.0560. The van der Waals surface area contributed by atoms with Crippen LogP contribution in [0.25, 0.3) is 0 Å². The molecule has 82 valence electrons. The number of methoxy groups -OCH3 is 1. The number of hydrogen-bond acceptors (Lipinski definition) is 6. The normalized spacial score (nSPS) is 24.5. The monoisotopic (exact) mass is 230 g/mol. The molecule has 0 atom stereocenters. The van der Waals surface area contributed by atoms with Crippen LogP contribution in [-0.4, -0.2) is 34.2 Å². The summed E-state index contributed by atoms with van der Waals surface area (Å²) in [7, 11) is 1.45. The zero-order valence-corrected chi connectivity index (χ0v) is 8.94. The first-order chi connectivity index (χ1) is 7.17. The molecule has 7 heteroatoms. The van der Waals surface area contributed by atoms with E-state index in [4.69, 9.17) is 26.8 Å². The van der Waals surface area contributed by atoms with Gasteiger partial charge >= 0.3 is 12.0 Å². The molecule has 0 amide bonds. The first-order valence-electron chi connectivity index (χ1n) is 4.55. The first kappa shape index (κ1) is 10.4. The average molecular weight is 231 g/mol. The van der Waals surface area contributed by atoms with E-state index in [1.807, 2.05) is 0 Å². The van der Waals surface area contributed by atoms with Gasteiger partial charge in [-0.05, 0) is 24.4 Å². The van der Waals surface area contributed by atoms with Crippen LogP contribution in [0.5, 0.6) is 12.0 Å². The number of nitrogens with two attached hydrogens (primary N) is 1. The topological polar surface area (TPSA) is 83.2 Å². The summed E-state index contributed by atoms with van der Waals surface area (Å²) >= 11 is 5.66. The van der Waals surface area contributed by atoms with Crippen molar-refractivity contribution in [2.75, 3.05) is 7.11 Å². The molecule has 15 heavy (non-hydrogen) atoms. The second-order valence-electron chi connectivity index (χ2n) is 3.35. The van der Waals surface area contributed by atoms with Crippen molar-refractivity contribution in [1.82, 2.24) is 15.0 Å². The van der Waals surface area contributed by atoms with Crippen LogP contribution in [0.15, 0.2) is 0 Å². The third-order valence-corrected chi connectivity index (χ3v) is 2.32. The molecule has 1 aliphatic carbocycles. The molecule has 1 fully saturated rings. The fourth-order valence-corrected chi connectivity index (χ4v) is 1.45. The third-order valence-electron chi connectivity index (χ3n) is 2.15. The van der Waals surface area contributed by atoms with Gasteiger partial charge < -0.3 is 15.2 Å². The molecular formula is C8H11ClN4O2. The van der Waals surface area contributed by atoms with Crippen LogP contribution in [0, 0.1) is 0 Å². The Kier molecular flexibility index (Phi) is 2.88. The number of rotatable bonds is 3. The molecule has 0 aromatic carbocycles. The van der Waals surface area contributed by atoms with Crippen molar-refractivity contribution in [1.29, 1.82) is 0 Å². The standard InChI is InChI=1S/C8H11ClN4O2/c1-14-7-11-6(9)12-8(13-7)15-5-2-4(10)3-5/h4-5H,2-3,10H2,1H3. The Morgan fingerprint density at radius 3 is 2.53 bits per heavy atom. The van der Waals surface area contributed by atoms with Crippen LogP contribution >= 0.6 is 11.6 Å². The molecule has 6 nitrogen and oxygen atoms in total. The van der Waals surface area contributed by atoms with Gasteiger partial charge in [0.25, 0.3) is 0 Å². The van der Waals surface area contributed by atoms with Crippen molar-refractivity contribution in [3.63, 3.8) is 0 Å². The predicted octanol–water partition coefficient (Wildman–Crippen LogP) is 0.402. The Morgan fingerprint density at radius 1 is 1.27 bits per heavy atom. The fourth-order valence-electron chi connectivity index (χ4n) is 1.31. The molecule has 2 rings (SSSR count). The summed E-state index contributed by atoms with van der Waals surface area (Å²) < 4.78 is 10.3. The fraction of sp³-hybridized carbons (Fsp3) is 0.625. The SMILES string of the molecule is COc1nc(Cl)nc(OC2CC(N)C2)n1. The van der Waals surface area contributed by atoms with Gasteiger partial charge in [0.05, 0.1) is 7.11 Å². The van der Waals surface area contributed by atoms with E-state index in [0.717, 1.165) is 12.8 Å². The van der Waals surface area contributed by atoms with Gasteiger partial charge in [0.1, 0.15) is 6.10 Å². The van der Waals surface area contributed by atoms with Gasteiger partial charge in [-0.3, -0.25) is 0 Å². The summed E-state index contributed by atoms with van der Waals surface area (Å²) in [6.07, 6.45) is 1.69. The maximum absolute atomic E-state index is 5.66. The van der Waals surface area contributed by atoms with Crippen molar-refractivity contribution in [3.05, 3.63) is 5.28 Å². The third kappa shape index (κ3) is 2.45. The minimum absolute atomic E-state index is 0.0560. The molecule has 0 radical (unpaired) electrons. The number of ether oxygens (including phenoxy) is 2. The van der Waals surface area contributed by atoms with Gasteiger partial charge in [-0.25, -0.2) is 0 Å². The van der Waals surface area contributed by atoms with E-state index in [9.17, 15) is 0 Å². The Morgan fingerprint density at radius 2 is 1.93 bits per heavy atom. The molecule has 1 aromatic rings. The van der Waals surface area contributed by atoms with Gasteiger partial charge in [0.15, 0.2) is 0 Å². The van der Waals surface area contributed by atoms with Crippen LogP contribution in [-0.2, 0) is 0 Å². The Balaban J connectivity index is 2.04. The second kappa shape index (κ2) is 4.16. The number of hydrogen-bond donors (Lipinski definition) is 1. The van der Waals surface area contributed by atoms with E-state index in [-0.39, 0.29) is 29.5 Å². The van der Waals surface area contributed by atoms with E-state index in [0.29, 0.717) is 0 Å². The van der Waals surface area contributed by atoms with E-state index in [2.05, 4.69) is 15.0 Å². The summed E-state index contributed by atoms with van der Waals surface area (Å²) in [6.45, 7) is 0. The van der Waals surface area contributed by atoms with Crippen molar-refractivity contribution in [2.45, 2.75) is 25.0 Å². The average Bonchev–Trinajstić information content (AvgIpc) is 2.14. The largest absolute Gasteiger partial charge is 0.467 e. The first-order valence-corrected chi connectivity index (χ1v) is 4.93. The molecule has 1 aliphatic rings. The molecule has 0 aliphatic heterocycles. The molecule has 0 bridgehead atoms. The van der Waals surface area contributed by atoms with Crippen molar-refractivity contribution < 1.29 is 9.47 Å². The lowest BCUT2D eigenvalue weighted by atomic mass is 9.90. The summed E-state index contributed by atoms with van der Waals surface area (Å²) in [5.41, 5.74) is 5.62. The number of aromatic nitrogens is 3. The van der Waals surface area contributed by atoms with Crippen LogP contribution < -0.4 is 15.2 Å². The Hall–Kier alpha value is -1.14. The lowest BCUT2D eigenvalue weighted by Gasteiger charge is -2.31. The van der Waals surface area contributed by atoms with Gasteiger partial charge in [0.2, 0.25) is 5.28 Å². The van der Waals surface area contributed by atoms with E-state index in [1.54, 1.807) is 0 Å². The smallest absolute Gasteiger partial charge is 0.324 e. The highest BCUT2D eigenvalue weighted by Crippen LogP contribution is 2.23. The van der Waals surface area contributed by atoms with E-state index >= 15 is 0 Å². The lowest BCUT2D eigenvalue weighted by Crippen LogP contribution is -2.43. The molecule has 0 unspecified atom stereocenters. The van der Waals surface area contributed by atoms with E-state index < -0.39 is 0 Å². The second-order valence-corrected chi connectivity index (χ2v) is 3.68. The van der Waals surface area contributed by atoms with E-state index in [1.165, 1.54) is 7.11 Å². The minimum Gasteiger partial charge on any atom is -0.467 e. The maximum Gasteiger partial charge on any atom is 0.324 e. The summed E-state index contributed by atoms with van der Waals surface area (Å²) in [5, 5.41) is 0.0560. The highest BCUT2D eigenvalue weighted by molar-refractivity contribution is 6.28. The highest BCUT2D eigenvalue weighted by atomic mass is 35.5. The Bertz CT molecular complexity index is 356. The zero-order valence-electron chi connectivity index (χ0n) is 8.18. The summed E-state index contributed by atoms with van der Waals surface area (Å²) in [5.74, 6) is 0. The van der Waals surface area contributed by atoms with Crippen molar-refractivity contribution >= 4 is 11.6 Å². The number of halogens is 1. The lowest BCUT2D eigenvalue weighted by molar-refractivity contribution is 0.0891. The van der Waals surface area contributed by atoms with Crippen LogP contribution in [0.4, 0.5) is 0 Å². The van der Waals surface area contributed by atoms with Crippen LogP contribution in [0.3, 0.4) is 0 Å². The Labute approximate surface area is 91.8 Å². The van der Waals surface area contributed by atoms with Gasteiger partial charge in [-0.2, -0.15) is 9.97 Å². The molecular weight excluding hydrogens is 220 g/mol. The molecule has 1 saturated carbocycles. The predicted molar refractivity (Wildman–Crippen MR) is 53.0 cm³/mol. The van der Waals surface area contributed by atoms with Crippen molar-refractivity contribution in [2.24, 2.45) is 5.73 Å². The van der Waals surface area contributed by atoms with Crippen molar-refractivity contribution in [3.8, 4) is 12.0 Å². The summed E-state index contributed by atoms with van der Waals surface area (Å²) in [6, 6.07) is 0.548. The van der Waals surface area contributed by atoms with Gasteiger partial charge in [-0.1, -0.05) is 0 Å². The molecule has 1 aromatic heterocycles. The zero-order chi connectivity index (χ0) is 10.8. The molecule has 1 heterocycles. The molecule has 2 N–H and O–H groups in total. The highest BCUT2D eigenvalue weighted by Gasteiger charge is 2.28. The molecule has 0 saturated heterocycles. The van der Waals surface area contributed by atoms with Crippen LogP contribution in [0.2, 0.25) is 5.28 Å². The van der Waals surface area contributed by atoms with Gasteiger partial charge in [-0.15, -0.1) is 4.98 Å². The molecule has 0 spiro atoms. The van der Waals surface area contributed by atoms with Gasteiger partial charge in [0, 0.05) is 6.04 Å². The number of nitrogens with zero attached hydrogens (tertiary/aromatic N) is 3. The maximum atomic E-state index is 5.66. The quantitative estimate of drug-likeness (QED) is 0.810.